The van der Waals surface area contributed by atoms with E-state index < -0.39 is 0 Å². The Balaban J connectivity index is 0.00000112. The number of hydrogen-bond acceptors (Lipinski definition) is 3. The van der Waals surface area contributed by atoms with E-state index in [0.717, 1.165) is 5.56 Å². The number of aryl methyl sites for hydroxylation is 1. The van der Waals surface area contributed by atoms with Gasteiger partial charge in [-0.1, -0.05) is 29.8 Å². The van der Waals surface area contributed by atoms with Crippen LogP contribution in [0.1, 0.15) is 24.2 Å². The summed E-state index contributed by atoms with van der Waals surface area (Å²) >= 11 is 0. The maximum Gasteiger partial charge on any atom is 0.283 e. The summed E-state index contributed by atoms with van der Waals surface area (Å²) in [6.45, 7) is 4.07. The summed E-state index contributed by atoms with van der Waals surface area (Å²) in [6, 6.07) is 8.66. The van der Waals surface area contributed by atoms with Gasteiger partial charge in [0.15, 0.2) is 0 Å². The molecule has 1 aliphatic rings. The molecule has 1 heterocycles. The molecule has 0 radical (unpaired) electrons. The minimum Gasteiger partial charge on any atom is -0.455 e. The van der Waals surface area contributed by atoms with Crippen LogP contribution < -0.4 is 5.73 Å². The van der Waals surface area contributed by atoms with E-state index in [0.29, 0.717) is 6.02 Å². The Morgan fingerprint density at radius 3 is 2.33 bits per heavy atom. The summed E-state index contributed by atoms with van der Waals surface area (Å²) in [5, 5.41) is 0. The van der Waals surface area contributed by atoms with Crippen molar-refractivity contribution in [2.75, 3.05) is 0 Å². The summed E-state index contributed by atoms with van der Waals surface area (Å²) in [4.78, 5) is 4.14. The van der Waals surface area contributed by atoms with Crippen LogP contribution in [0.25, 0.3) is 0 Å². The summed E-state index contributed by atoms with van der Waals surface area (Å²) in [7, 11) is 0. The molecule has 15 heavy (non-hydrogen) atoms. The first kappa shape index (κ1) is 11.9. The minimum absolute atomic E-state index is 0. The Kier molecular flexibility index (Phi) is 3.58. The summed E-state index contributed by atoms with van der Waals surface area (Å²) in [5.74, 6) is 0. The van der Waals surface area contributed by atoms with Crippen LogP contribution in [0.5, 0.6) is 0 Å². The molecule has 0 aliphatic carbocycles. The molecule has 0 bridgehead atoms. The van der Waals surface area contributed by atoms with Gasteiger partial charge in [0, 0.05) is 0 Å². The van der Waals surface area contributed by atoms with E-state index in [1.807, 2.05) is 6.92 Å². The molecule has 0 saturated heterocycles. The fourth-order valence-corrected chi connectivity index (χ4v) is 1.63. The lowest BCUT2D eigenvalue weighted by Crippen LogP contribution is -2.14. The predicted molar refractivity (Wildman–Crippen MR) is 63.3 cm³/mol. The number of halogens is 1. The molecule has 82 valence electrons. The quantitative estimate of drug-likeness (QED) is 0.798. The highest BCUT2D eigenvalue weighted by Crippen LogP contribution is 2.27. The molecule has 0 unspecified atom stereocenters. The third kappa shape index (κ3) is 2.42. The van der Waals surface area contributed by atoms with Crippen molar-refractivity contribution in [3.63, 3.8) is 0 Å². The van der Waals surface area contributed by atoms with Crippen molar-refractivity contribution in [2.45, 2.75) is 26.0 Å². The second-order valence-electron chi connectivity index (χ2n) is 3.66. The van der Waals surface area contributed by atoms with Crippen molar-refractivity contribution in [3.8, 4) is 0 Å². The van der Waals surface area contributed by atoms with Crippen LogP contribution in [0.3, 0.4) is 0 Å². The molecular formula is C11H15ClN2O. The highest BCUT2D eigenvalue weighted by Gasteiger charge is 2.27. The van der Waals surface area contributed by atoms with Gasteiger partial charge in [-0.3, -0.25) is 0 Å². The van der Waals surface area contributed by atoms with Gasteiger partial charge in [-0.25, -0.2) is 4.99 Å². The SMILES string of the molecule is Cc1ccc([C@H]2OC(N)=N[C@H]2C)cc1.Cl. The lowest BCUT2D eigenvalue weighted by atomic mass is 10.0. The minimum atomic E-state index is -0.0180. The fraction of sp³-hybridized carbons (Fsp3) is 0.364. The molecule has 0 aromatic heterocycles. The Labute approximate surface area is 95.8 Å². The maximum absolute atomic E-state index is 5.51. The molecule has 0 fully saturated rings. The van der Waals surface area contributed by atoms with E-state index in [2.05, 4.69) is 36.2 Å². The second kappa shape index (κ2) is 4.53. The van der Waals surface area contributed by atoms with E-state index in [9.17, 15) is 0 Å². The molecule has 0 saturated carbocycles. The molecular weight excluding hydrogens is 212 g/mol. The zero-order valence-corrected chi connectivity index (χ0v) is 9.62. The first-order chi connectivity index (χ1) is 6.66. The number of benzene rings is 1. The zero-order chi connectivity index (χ0) is 10.1. The average molecular weight is 227 g/mol. The van der Waals surface area contributed by atoms with Crippen molar-refractivity contribution in [1.82, 2.24) is 0 Å². The molecule has 4 heteroatoms. The Hall–Kier alpha value is -1.22. The van der Waals surface area contributed by atoms with E-state index in [-0.39, 0.29) is 24.6 Å². The largest absolute Gasteiger partial charge is 0.455 e. The highest BCUT2D eigenvalue weighted by molar-refractivity contribution is 5.85. The molecule has 1 aromatic carbocycles. The average Bonchev–Trinajstić information content (AvgIpc) is 2.47. The van der Waals surface area contributed by atoms with Crippen LogP contribution in [0.4, 0.5) is 0 Å². The van der Waals surface area contributed by atoms with Gasteiger partial charge in [-0.05, 0) is 19.4 Å². The molecule has 2 rings (SSSR count). The smallest absolute Gasteiger partial charge is 0.283 e. The molecule has 0 amide bonds. The Morgan fingerprint density at radius 1 is 1.27 bits per heavy atom. The Morgan fingerprint density at radius 2 is 1.87 bits per heavy atom. The van der Waals surface area contributed by atoms with Crippen molar-refractivity contribution in [1.29, 1.82) is 0 Å². The number of aliphatic imine (C=N–C) groups is 1. The number of ether oxygens (including phenoxy) is 1. The molecule has 0 spiro atoms. The highest BCUT2D eigenvalue weighted by atomic mass is 35.5. The van der Waals surface area contributed by atoms with Crippen LogP contribution in [-0.4, -0.2) is 12.1 Å². The number of nitrogens with zero attached hydrogens (tertiary/aromatic N) is 1. The maximum atomic E-state index is 5.51. The number of rotatable bonds is 1. The summed E-state index contributed by atoms with van der Waals surface area (Å²) in [6.07, 6.45) is -0.0180. The monoisotopic (exact) mass is 226 g/mol. The van der Waals surface area contributed by atoms with Crippen LogP contribution in [0.15, 0.2) is 29.3 Å². The van der Waals surface area contributed by atoms with Crippen LogP contribution in [-0.2, 0) is 4.74 Å². The molecule has 2 N–H and O–H groups in total. The molecule has 2 atom stereocenters. The van der Waals surface area contributed by atoms with Gasteiger partial charge in [0.05, 0.1) is 6.04 Å². The molecule has 3 nitrogen and oxygen atoms in total. The fourth-order valence-electron chi connectivity index (χ4n) is 1.63. The van der Waals surface area contributed by atoms with Gasteiger partial charge in [0.2, 0.25) is 0 Å². The Bertz CT molecular complexity index is 361. The van der Waals surface area contributed by atoms with Gasteiger partial charge >= 0.3 is 0 Å². The van der Waals surface area contributed by atoms with Crippen molar-refractivity contribution < 1.29 is 4.74 Å². The van der Waals surface area contributed by atoms with E-state index >= 15 is 0 Å². The molecule has 1 aromatic rings. The van der Waals surface area contributed by atoms with E-state index in [1.165, 1.54) is 5.56 Å². The van der Waals surface area contributed by atoms with E-state index in [4.69, 9.17) is 10.5 Å². The number of hydrogen-bond donors (Lipinski definition) is 1. The van der Waals surface area contributed by atoms with Gasteiger partial charge in [-0.15, -0.1) is 12.4 Å². The van der Waals surface area contributed by atoms with Gasteiger partial charge in [0.1, 0.15) is 6.10 Å². The topological polar surface area (TPSA) is 47.6 Å². The first-order valence-electron chi connectivity index (χ1n) is 4.73. The number of nitrogens with two attached hydrogens (primary N) is 1. The van der Waals surface area contributed by atoms with Crippen molar-refractivity contribution >= 4 is 18.4 Å². The standard InChI is InChI=1S/C11H14N2O.ClH/c1-7-3-5-9(6-4-7)10-8(2)13-11(12)14-10;/h3-6,8,10H,1-2H3,(H2,12,13);1H/t8-,10-;/m0./s1. The predicted octanol–water partition coefficient (Wildman–Crippen LogP) is 2.19. The van der Waals surface area contributed by atoms with Crippen molar-refractivity contribution in [3.05, 3.63) is 35.4 Å². The zero-order valence-electron chi connectivity index (χ0n) is 8.81. The number of amidine groups is 1. The third-order valence-electron chi connectivity index (χ3n) is 2.42. The first-order valence-corrected chi connectivity index (χ1v) is 4.73. The summed E-state index contributed by atoms with van der Waals surface area (Å²) < 4.78 is 5.43. The lowest BCUT2D eigenvalue weighted by Gasteiger charge is -2.14. The molecule has 1 aliphatic heterocycles. The van der Waals surface area contributed by atoms with Crippen LogP contribution in [0.2, 0.25) is 0 Å². The van der Waals surface area contributed by atoms with Gasteiger partial charge in [0.25, 0.3) is 6.02 Å². The second-order valence-corrected chi connectivity index (χ2v) is 3.66. The van der Waals surface area contributed by atoms with Gasteiger partial charge in [-0.2, -0.15) is 0 Å². The van der Waals surface area contributed by atoms with Crippen molar-refractivity contribution in [2.24, 2.45) is 10.7 Å². The third-order valence-corrected chi connectivity index (χ3v) is 2.42. The van der Waals surface area contributed by atoms with Crippen LogP contribution in [0, 0.1) is 6.92 Å². The van der Waals surface area contributed by atoms with E-state index in [1.54, 1.807) is 0 Å². The summed E-state index contributed by atoms with van der Waals surface area (Å²) in [5.41, 5.74) is 7.89. The van der Waals surface area contributed by atoms with Crippen LogP contribution >= 0.6 is 12.4 Å². The van der Waals surface area contributed by atoms with Gasteiger partial charge < -0.3 is 10.5 Å². The lowest BCUT2D eigenvalue weighted by molar-refractivity contribution is 0.199. The normalized spacial score (nSPS) is 24.0.